The molecule has 1 atom stereocenters. The van der Waals surface area contributed by atoms with Crippen molar-refractivity contribution in [3.05, 3.63) is 12.8 Å². The van der Waals surface area contributed by atoms with Crippen LogP contribution in [-0.2, 0) is 0 Å². The second-order valence-electron chi connectivity index (χ2n) is 5.15. The summed E-state index contributed by atoms with van der Waals surface area (Å²) in [6.07, 6.45) is 5.77. The smallest absolute Gasteiger partial charge is 0.0210 e. The van der Waals surface area contributed by atoms with Crippen molar-refractivity contribution < 1.29 is 0 Å². The molecule has 0 radical (unpaired) electrons. The molecule has 1 saturated heterocycles. The molecule has 1 heterocycles. The van der Waals surface area contributed by atoms with Gasteiger partial charge < -0.3 is 10.2 Å². The Bertz CT molecular complexity index is 201. The SMILES string of the molecule is C=CNCC1(CCC)CCN(C(C)C)C1. The van der Waals surface area contributed by atoms with Gasteiger partial charge in [-0.1, -0.05) is 19.9 Å². The third kappa shape index (κ3) is 3.23. The average molecular weight is 210 g/mol. The van der Waals surface area contributed by atoms with Gasteiger partial charge in [-0.3, -0.25) is 0 Å². The van der Waals surface area contributed by atoms with Crippen LogP contribution in [0.1, 0.15) is 40.0 Å². The van der Waals surface area contributed by atoms with E-state index in [1.54, 1.807) is 0 Å². The lowest BCUT2D eigenvalue weighted by Crippen LogP contribution is -2.37. The van der Waals surface area contributed by atoms with E-state index in [1.165, 1.54) is 32.4 Å². The van der Waals surface area contributed by atoms with Crippen molar-refractivity contribution in [2.75, 3.05) is 19.6 Å². The Morgan fingerprint density at radius 1 is 1.53 bits per heavy atom. The highest BCUT2D eigenvalue weighted by molar-refractivity contribution is 4.93. The van der Waals surface area contributed by atoms with Crippen LogP contribution in [0, 0.1) is 5.41 Å². The third-order valence-electron chi connectivity index (χ3n) is 3.60. The lowest BCUT2D eigenvalue weighted by molar-refractivity contribution is 0.210. The number of hydrogen-bond acceptors (Lipinski definition) is 2. The fraction of sp³-hybridized carbons (Fsp3) is 0.846. The molecule has 1 unspecified atom stereocenters. The minimum absolute atomic E-state index is 0.493. The van der Waals surface area contributed by atoms with Gasteiger partial charge in [0.2, 0.25) is 0 Å². The van der Waals surface area contributed by atoms with E-state index in [4.69, 9.17) is 0 Å². The molecule has 1 rings (SSSR count). The summed E-state index contributed by atoms with van der Waals surface area (Å²) >= 11 is 0. The van der Waals surface area contributed by atoms with Crippen LogP contribution in [0.3, 0.4) is 0 Å². The highest BCUT2D eigenvalue weighted by Crippen LogP contribution is 2.35. The van der Waals surface area contributed by atoms with Crippen molar-refractivity contribution in [2.45, 2.75) is 46.1 Å². The Morgan fingerprint density at radius 2 is 2.27 bits per heavy atom. The van der Waals surface area contributed by atoms with E-state index in [9.17, 15) is 0 Å². The Balaban J connectivity index is 2.55. The van der Waals surface area contributed by atoms with Crippen LogP contribution in [0.25, 0.3) is 0 Å². The normalized spacial score (nSPS) is 27.2. The summed E-state index contributed by atoms with van der Waals surface area (Å²) in [7, 11) is 0. The van der Waals surface area contributed by atoms with E-state index in [0.29, 0.717) is 11.5 Å². The van der Waals surface area contributed by atoms with Gasteiger partial charge >= 0.3 is 0 Å². The maximum absolute atomic E-state index is 3.74. The maximum atomic E-state index is 3.74. The minimum atomic E-state index is 0.493. The van der Waals surface area contributed by atoms with Crippen LogP contribution < -0.4 is 5.32 Å². The number of hydrogen-bond donors (Lipinski definition) is 1. The Morgan fingerprint density at radius 3 is 2.73 bits per heavy atom. The van der Waals surface area contributed by atoms with Crippen molar-refractivity contribution in [2.24, 2.45) is 5.41 Å². The van der Waals surface area contributed by atoms with Gasteiger partial charge in [0.15, 0.2) is 0 Å². The zero-order chi connectivity index (χ0) is 11.3. The highest BCUT2D eigenvalue weighted by Gasteiger charge is 2.37. The summed E-state index contributed by atoms with van der Waals surface area (Å²) in [6.45, 7) is 14.2. The van der Waals surface area contributed by atoms with Gasteiger partial charge in [-0.2, -0.15) is 0 Å². The summed E-state index contributed by atoms with van der Waals surface area (Å²) < 4.78 is 0. The standard InChI is InChI=1S/C13H26N2/c1-5-7-13(10-14-6-2)8-9-15(11-13)12(3)4/h6,12,14H,2,5,7-11H2,1,3-4H3. The van der Waals surface area contributed by atoms with Crippen LogP contribution in [0.5, 0.6) is 0 Å². The van der Waals surface area contributed by atoms with Crippen molar-refractivity contribution in [1.82, 2.24) is 10.2 Å². The van der Waals surface area contributed by atoms with Crippen molar-refractivity contribution >= 4 is 0 Å². The summed E-state index contributed by atoms with van der Waals surface area (Å²) in [5, 5.41) is 3.31. The van der Waals surface area contributed by atoms with E-state index in [-0.39, 0.29) is 0 Å². The van der Waals surface area contributed by atoms with Crippen LogP contribution in [-0.4, -0.2) is 30.6 Å². The van der Waals surface area contributed by atoms with Gasteiger partial charge in [-0.05, 0) is 39.4 Å². The zero-order valence-electron chi connectivity index (χ0n) is 10.6. The molecule has 0 amide bonds. The molecule has 0 bridgehead atoms. The molecule has 2 nitrogen and oxygen atoms in total. The van der Waals surface area contributed by atoms with Crippen molar-refractivity contribution in [1.29, 1.82) is 0 Å². The molecule has 15 heavy (non-hydrogen) atoms. The number of likely N-dealkylation sites (tertiary alicyclic amines) is 1. The molecule has 88 valence electrons. The van der Waals surface area contributed by atoms with E-state index in [1.807, 2.05) is 6.20 Å². The van der Waals surface area contributed by atoms with Crippen LogP contribution in [0.4, 0.5) is 0 Å². The minimum Gasteiger partial charge on any atom is -0.391 e. The average Bonchev–Trinajstić information content (AvgIpc) is 2.61. The van der Waals surface area contributed by atoms with Gasteiger partial charge in [-0.15, -0.1) is 0 Å². The highest BCUT2D eigenvalue weighted by atomic mass is 15.2. The van der Waals surface area contributed by atoms with Crippen molar-refractivity contribution in [3.63, 3.8) is 0 Å². The summed E-state index contributed by atoms with van der Waals surface area (Å²) in [4.78, 5) is 2.60. The van der Waals surface area contributed by atoms with Gasteiger partial charge in [0.1, 0.15) is 0 Å². The van der Waals surface area contributed by atoms with Gasteiger partial charge in [0.05, 0.1) is 0 Å². The molecule has 0 aliphatic carbocycles. The van der Waals surface area contributed by atoms with E-state index < -0.39 is 0 Å². The van der Waals surface area contributed by atoms with Crippen LogP contribution in [0.15, 0.2) is 12.8 Å². The maximum Gasteiger partial charge on any atom is 0.0210 e. The summed E-state index contributed by atoms with van der Waals surface area (Å²) in [5.41, 5.74) is 0.493. The van der Waals surface area contributed by atoms with E-state index >= 15 is 0 Å². The molecule has 0 saturated carbocycles. The van der Waals surface area contributed by atoms with Gasteiger partial charge in [0.25, 0.3) is 0 Å². The lowest BCUT2D eigenvalue weighted by atomic mass is 9.82. The molecule has 0 aromatic rings. The predicted molar refractivity (Wildman–Crippen MR) is 66.9 cm³/mol. The lowest BCUT2D eigenvalue weighted by Gasteiger charge is -2.30. The molecule has 0 aromatic carbocycles. The fourth-order valence-electron chi connectivity index (χ4n) is 2.67. The molecule has 1 fully saturated rings. The third-order valence-corrected chi connectivity index (χ3v) is 3.60. The van der Waals surface area contributed by atoms with E-state index in [0.717, 1.165) is 6.54 Å². The van der Waals surface area contributed by atoms with Gasteiger partial charge in [-0.25, -0.2) is 0 Å². The molecule has 0 spiro atoms. The topological polar surface area (TPSA) is 15.3 Å². The van der Waals surface area contributed by atoms with E-state index in [2.05, 4.69) is 37.6 Å². The molecule has 1 N–H and O–H groups in total. The molecule has 1 aliphatic heterocycles. The Kier molecular flexibility index (Phi) is 4.65. The molecule has 1 aliphatic rings. The zero-order valence-corrected chi connectivity index (χ0v) is 10.6. The number of nitrogens with one attached hydrogen (secondary N) is 1. The summed E-state index contributed by atoms with van der Waals surface area (Å²) in [6, 6.07) is 0.687. The van der Waals surface area contributed by atoms with Crippen LogP contribution >= 0.6 is 0 Å². The molecular formula is C13H26N2. The second kappa shape index (κ2) is 5.55. The van der Waals surface area contributed by atoms with Crippen molar-refractivity contribution in [3.8, 4) is 0 Å². The molecule has 0 aromatic heterocycles. The summed E-state index contributed by atoms with van der Waals surface area (Å²) in [5.74, 6) is 0. The molecule has 2 heteroatoms. The van der Waals surface area contributed by atoms with Crippen LogP contribution in [0.2, 0.25) is 0 Å². The first-order chi connectivity index (χ1) is 7.13. The Hall–Kier alpha value is -0.500. The Labute approximate surface area is 94.7 Å². The fourth-order valence-corrected chi connectivity index (χ4v) is 2.67. The first-order valence-electron chi connectivity index (χ1n) is 6.22. The monoisotopic (exact) mass is 210 g/mol. The number of rotatable bonds is 6. The van der Waals surface area contributed by atoms with Gasteiger partial charge in [0, 0.05) is 24.5 Å². The number of nitrogens with zero attached hydrogens (tertiary/aromatic N) is 1. The predicted octanol–water partition coefficient (Wildman–Crippen LogP) is 2.62. The second-order valence-corrected chi connectivity index (χ2v) is 5.15. The first kappa shape index (κ1) is 12.6. The quantitative estimate of drug-likeness (QED) is 0.725. The first-order valence-corrected chi connectivity index (χ1v) is 6.22. The largest absolute Gasteiger partial charge is 0.391 e. The molecular weight excluding hydrogens is 184 g/mol.